The van der Waals surface area contributed by atoms with Crippen molar-refractivity contribution < 1.29 is 22.8 Å². The molecule has 0 radical (unpaired) electrons. The van der Waals surface area contributed by atoms with Crippen molar-refractivity contribution in [2.75, 3.05) is 11.9 Å². The maximum Gasteiger partial charge on any atom is 0.291 e. The van der Waals surface area contributed by atoms with E-state index < -0.39 is 29.9 Å². The van der Waals surface area contributed by atoms with Crippen molar-refractivity contribution in [2.45, 2.75) is 26.2 Å². The summed E-state index contributed by atoms with van der Waals surface area (Å²) in [5.74, 6) is -1.35. The largest absolute Gasteiger partial charge is 0.331 e. The molecule has 1 N–H and O–H groups in total. The number of hydrogen-bond acceptors (Lipinski definition) is 6. The Morgan fingerprint density at radius 2 is 2.03 bits per heavy atom. The third-order valence-electron chi connectivity index (χ3n) is 4.64. The monoisotopic (exact) mass is 470 g/mol. The highest BCUT2D eigenvalue weighted by atomic mass is 35.5. The van der Waals surface area contributed by atoms with Gasteiger partial charge in [-0.05, 0) is 11.6 Å². The van der Waals surface area contributed by atoms with Gasteiger partial charge in [-0.3, -0.25) is 19.6 Å². The lowest BCUT2D eigenvalue weighted by atomic mass is 10.1. The fourth-order valence-corrected chi connectivity index (χ4v) is 3.98. The van der Waals surface area contributed by atoms with E-state index in [4.69, 9.17) is 11.6 Å². The Labute approximate surface area is 182 Å². The fraction of sp³-hybridized carbons (Fsp3) is 0.278. The number of nitrogens with one attached hydrogen (secondary N) is 1. The number of rotatable bonds is 6. The first-order chi connectivity index (χ1) is 14.9. The number of amides is 2. The van der Waals surface area contributed by atoms with Gasteiger partial charge in [-0.1, -0.05) is 41.1 Å². The standard InChI is InChI=1S/C18H14ClF3N6O2S/c19-11-4-2-1-3-9(11)8-27-5-6-28-13(17(27)30)10(7-20)12(26-28)15(29)23-18-25-24-16(31-18)14(21)22/h1-4,14H,5-8H2,(H,23,25,29). The number of fused-ring (bicyclic) bond motifs is 1. The van der Waals surface area contributed by atoms with Gasteiger partial charge in [0.15, 0.2) is 10.7 Å². The van der Waals surface area contributed by atoms with Crippen LogP contribution in [0, 0.1) is 0 Å². The number of hydrogen-bond donors (Lipinski definition) is 1. The van der Waals surface area contributed by atoms with E-state index in [1.807, 2.05) is 0 Å². The number of carbonyl (C=O) groups excluding carboxylic acids is 2. The Morgan fingerprint density at radius 3 is 2.71 bits per heavy atom. The van der Waals surface area contributed by atoms with Crippen molar-refractivity contribution in [3.8, 4) is 0 Å². The van der Waals surface area contributed by atoms with Gasteiger partial charge in [0.2, 0.25) is 5.13 Å². The minimum Gasteiger partial charge on any atom is -0.331 e. The number of carbonyl (C=O) groups is 2. The first-order valence-corrected chi connectivity index (χ1v) is 10.2. The summed E-state index contributed by atoms with van der Waals surface area (Å²) in [5, 5.41) is 12.8. The van der Waals surface area contributed by atoms with Gasteiger partial charge in [-0.15, -0.1) is 10.2 Å². The quantitative estimate of drug-likeness (QED) is 0.593. The van der Waals surface area contributed by atoms with E-state index in [0.717, 1.165) is 5.56 Å². The molecule has 2 aromatic heterocycles. The van der Waals surface area contributed by atoms with E-state index in [2.05, 4.69) is 20.6 Å². The molecule has 1 aromatic carbocycles. The summed E-state index contributed by atoms with van der Waals surface area (Å²) in [7, 11) is 0. The summed E-state index contributed by atoms with van der Waals surface area (Å²) in [6.07, 6.45) is -2.83. The van der Waals surface area contributed by atoms with Crippen molar-refractivity contribution in [1.29, 1.82) is 0 Å². The van der Waals surface area contributed by atoms with Gasteiger partial charge in [-0.2, -0.15) is 5.10 Å². The molecule has 13 heteroatoms. The molecule has 162 valence electrons. The first kappa shape index (κ1) is 21.2. The van der Waals surface area contributed by atoms with Gasteiger partial charge in [0.25, 0.3) is 18.2 Å². The lowest BCUT2D eigenvalue weighted by Gasteiger charge is -2.28. The summed E-state index contributed by atoms with van der Waals surface area (Å²) in [6, 6.07) is 7.06. The van der Waals surface area contributed by atoms with Crippen LogP contribution in [0.1, 0.15) is 43.5 Å². The second-order valence-electron chi connectivity index (χ2n) is 6.55. The SMILES string of the molecule is O=C(Nc1nnc(C(F)F)s1)c1nn2c(c1CF)C(=O)N(Cc1ccccc1Cl)CC2. The van der Waals surface area contributed by atoms with E-state index in [-0.39, 0.29) is 35.2 Å². The molecule has 0 atom stereocenters. The summed E-state index contributed by atoms with van der Waals surface area (Å²) >= 11 is 6.66. The van der Waals surface area contributed by atoms with Crippen LogP contribution in [0.25, 0.3) is 0 Å². The van der Waals surface area contributed by atoms with Crippen LogP contribution in [0.15, 0.2) is 24.3 Å². The predicted molar refractivity (Wildman–Crippen MR) is 106 cm³/mol. The maximum atomic E-state index is 13.9. The van der Waals surface area contributed by atoms with E-state index in [9.17, 15) is 22.8 Å². The van der Waals surface area contributed by atoms with E-state index in [1.165, 1.54) is 9.58 Å². The van der Waals surface area contributed by atoms with E-state index in [0.29, 0.717) is 22.9 Å². The Bertz CT molecular complexity index is 1150. The Balaban J connectivity index is 1.58. The second-order valence-corrected chi connectivity index (χ2v) is 7.97. The third kappa shape index (κ3) is 4.12. The molecule has 0 aliphatic carbocycles. The molecule has 8 nitrogen and oxygen atoms in total. The van der Waals surface area contributed by atoms with Gasteiger partial charge in [0.05, 0.1) is 6.54 Å². The smallest absolute Gasteiger partial charge is 0.291 e. The molecule has 0 spiro atoms. The molecule has 31 heavy (non-hydrogen) atoms. The summed E-state index contributed by atoms with van der Waals surface area (Å²) in [4.78, 5) is 27.1. The molecule has 0 unspecified atom stereocenters. The van der Waals surface area contributed by atoms with Crippen LogP contribution in [0.5, 0.6) is 0 Å². The van der Waals surface area contributed by atoms with Crippen molar-refractivity contribution in [3.05, 3.63) is 56.8 Å². The zero-order valence-electron chi connectivity index (χ0n) is 15.7. The number of anilines is 1. The van der Waals surface area contributed by atoms with Crippen LogP contribution in [-0.4, -0.2) is 43.2 Å². The number of alkyl halides is 3. The highest BCUT2D eigenvalue weighted by Gasteiger charge is 2.33. The molecule has 2 amide bonds. The minimum atomic E-state index is -2.83. The fourth-order valence-electron chi connectivity index (χ4n) is 3.19. The molecule has 0 saturated carbocycles. The Morgan fingerprint density at radius 1 is 1.26 bits per heavy atom. The minimum absolute atomic E-state index is 0.0310. The summed E-state index contributed by atoms with van der Waals surface area (Å²) in [6.45, 7) is -0.347. The van der Waals surface area contributed by atoms with Gasteiger partial charge in [0.1, 0.15) is 12.4 Å². The van der Waals surface area contributed by atoms with E-state index in [1.54, 1.807) is 24.3 Å². The maximum absolute atomic E-state index is 13.9. The highest BCUT2D eigenvalue weighted by Crippen LogP contribution is 2.27. The van der Waals surface area contributed by atoms with Crippen molar-refractivity contribution in [3.63, 3.8) is 0 Å². The average molecular weight is 471 g/mol. The van der Waals surface area contributed by atoms with Crippen LogP contribution in [-0.2, 0) is 19.8 Å². The van der Waals surface area contributed by atoms with Crippen molar-refractivity contribution in [1.82, 2.24) is 24.9 Å². The van der Waals surface area contributed by atoms with Gasteiger partial charge >= 0.3 is 0 Å². The zero-order valence-corrected chi connectivity index (χ0v) is 17.3. The number of halogens is 4. The van der Waals surface area contributed by atoms with Crippen LogP contribution in [0.4, 0.5) is 18.3 Å². The third-order valence-corrected chi connectivity index (χ3v) is 5.85. The molecule has 1 aliphatic rings. The van der Waals surface area contributed by atoms with Gasteiger partial charge in [-0.25, -0.2) is 13.2 Å². The second kappa shape index (κ2) is 8.63. The first-order valence-electron chi connectivity index (χ1n) is 9.00. The van der Waals surface area contributed by atoms with Crippen LogP contribution in [0.2, 0.25) is 5.02 Å². The molecular formula is C18H14ClF3N6O2S. The number of nitrogens with zero attached hydrogens (tertiary/aromatic N) is 5. The van der Waals surface area contributed by atoms with Crippen LogP contribution >= 0.6 is 22.9 Å². The van der Waals surface area contributed by atoms with Gasteiger partial charge in [0, 0.05) is 23.7 Å². The lowest BCUT2D eigenvalue weighted by molar-refractivity contribution is 0.0681. The van der Waals surface area contributed by atoms with Gasteiger partial charge < -0.3 is 4.90 Å². The Kier molecular flexibility index (Phi) is 5.92. The lowest BCUT2D eigenvalue weighted by Crippen LogP contribution is -2.40. The van der Waals surface area contributed by atoms with E-state index >= 15 is 0 Å². The molecule has 0 bridgehead atoms. The Hall–Kier alpha value is -2.99. The highest BCUT2D eigenvalue weighted by molar-refractivity contribution is 7.15. The topological polar surface area (TPSA) is 93.0 Å². The summed E-state index contributed by atoms with van der Waals surface area (Å²) in [5.41, 5.74) is 0.219. The average Bonchev–Trinajstić information content (AvgIpc) is 3.36. The molecule has 0 fully saturated rings. The van der Waals surface area contributed by atoms with Crippen LogP contribution < -0.4 is 5.32 Å². The molecular weight excluding hydrogens is 457 g/mol. The molecule has 3 aromatic rings. The zero-order chi connectivity index (χ0) is 22.1. The van der Waals surface area contributed by atoms with Crippen molar-refractivity contribution >= 4 is 39.9 Å². The number of aromatic nitrogens is 4. The van der Waals surface area contributed by atoms with Crippen LogP contribution in [0.3, 0.4) is 0 Å². The van der Waals surface area contributed by atoms with Crippen molar-refractivity contribution in [2.24, 2.45) is 0 Å². The normalized spacial score (nSPS) is 13.6. The number of benzene rings is 1. The summed E-state index contributed by atoms with van der Waals surface area (Å²) < 4.78 is 40.4. The molecule has 4 rings (SSSR count). The molecule has 1 aliphatic heterocycles. The molecule has 3 heterocycles. The molecule has 0 saturated heterocycles. The predicted octanol–water partition coefficient (Wildman–Crippen LogP) is 3.70.